The quantitative estimate of drug-likeness (QED) is 0.720. The Balaban J connectivity index is 5.20. The zero-order chi connectivity index (χ0) is 11.8. The van der Waals surface area contributed by atoms with Crippen LogP contribution in [0.15, 0.2) is 0 Å². The Bertz CT molecular complexity index is 331. The van der Waals surface area contributed by atoms with Crippen LogP contribution in [0.2, 0.25) is 0 Å². The van der Waals surface area contributed by atoms with Crippen LogP contribution in [0.1, 0.15) is 6.92 Å². The van der Waals surface area contributed by atoms with Gasteiger partial charge in [-0.15, -0.1) is 0 Å². The second-order valence-corrected chi connectivity index (χ2v) is 3.90. The highest BCUT2D eigenvalue weighted by molar-refractivity contribution is 7.91. The third-order valence-electron chi connectivity index (χ3n) is 0.946. The Morgan fingerprint density at radius 2 is 1.50 bits per heavy atom. The number of hydrogen-bond donors (Lipinski definition) is 1. The number of carbonyl (C=O) groups is 1. The molecule has 84 valence electrons. The number of rotatable bonds is 2. The minimum atomic E-state index is -6.27. The number of amides is 1. The average Bonchev–Trinajstić information content (AvgIpc) is 1.80. The van der Waals surface area contributed by atoms with E-state index in [1.54, 1.807) is 0 Å². The maximum absolute atomic E-state index is 12.1. The predicted molar refractivity (Wildman–Crippen MR) is 33.7 cm³/mol. The first-order valence-corrected chi connectivity index (χ1v) is 4.37. The van der Waals surface area contributed by atoms with Crippen LogP contribution in [-0.2, 0) is 14.8 Å². The van der Waals surface area contributed by atoms with Crippen LogP contribution in [0.25, 0.3) is 0 Å². The Kier molecular flexibility index (Phi) is 3.11. The van der Waals surface area contributed by atoms with E-state index in [0.717, 1.165) is 0 Å². The number of nitrogens with one attached hydrogen (secondary N) is 1. The highest BCUT2D eigenvalue weighted by Crippen LogP contribution is 2.39. The van der Waals surface area contributed by atoms with E-state index in [2.05, 4.69) is 0 Å². The second-order valence-electron chi connectivity index (χ2n) is 2.18. The summed E-state index contributed by atoms with van der Waals surface area (Å²) in [5, 5.41) is -5.99. The summed E-state index contributed by atoms with van der Waals surface area (Å²) in [6.45, 7) is 0.490. The molecule has 0 atom stereocenters. The molecule has 0 rings (SSSR count). The fourth-order valence-electron chi connectivity index (χ4n) is 0.406. The van der Waals surface area contributed by atoms with Crippen LogP contribution in [0.5, 0.6) is 0 Å². The van der Waals surface area contributed by atoms with E-state index in [9.17, 15) is 35.2 Å². The molecule has 0 aromatic heterocycles. The van der Waals surface area contributed by atoms with Crippen LogP contribution < -0.4 is 4.72 Å². The minimum absolute atomic E-state index is 0.490. The van der Waals surface area contributed by atoms with Gasteiger partial charge in [-0.05, 0) is 0 Å². The molecule has 0 spiro atoms. The van der Waals surface area contributed by atoms with E-state index >= 15 is 0 Å². The standard InChI is InChI=1S/C4H4F5NO3S/c1-2(11)10-14(12,13)4(8,9)3(5,6)7/h1H3,(H,10,11). The molecule has 0 aliphatic carbocycles. The SMILES string of the molecule is CC(=O)NS(=O)(=O)C(F)(F)C(F)(F)F. The lowest BCUT2D eigenvalue weighted by Crippen LogP contribution is -2.50. The molecule has 0 aliphatic heterocycles. The summed E-state index contributed by atoms with van der Waals surface area (Å²) >= 11 is 0. The van der Waals surface area contributed by atoms with Gasteiger partial charge in [-0.2, -0.15) is 30.4 Å². The number of sulfonamides is 1. The number of alkyl halides is 5. The summed E-state index contributed by atoms with van der Waals surface area (Å²) < 4.78 is 79.9. The fraction of sp³-hybridized carbons (Fsp3) is 0.750. The van der Waals surface area contributed by atoms with Crippen molar-refractivity contribution < 1.29 is 35.2 Å². The first-order valence-electron chi connectivity index (χ1n) is 2.89. The third kappa shape index (κ3) is 2.30. The summed E-state index contributed by atoms with van der Waals surface area (Å²) in [4.78, 5) is 10.0. The Hall–Kier alpha value is -0.930. The monoisotopic (exact) mass is 241 g/mol. The molecular weight excluding hydrogens is 237 g/mol. The molecule has 0 unspecified atom stereocenters. The molecule has 0 aromatic rings. The number of carbonyl (C=O) groups excluding carboxylic acids is 1. The second kappa shape index (κ2) is 3.33. The van der Waals surface area contributed by atoms with Gasteiger partial charge in [0.05, 0.1) is 0 Å². The highest BCUT2D eigenvalue weighted by Gasteiger charge is 2.67. The molecule has 0 radical (unpaired) electrons. The van der Waals surface area contributed by atoms with Crippen LogP contribution in [0, 0.1) is 0 Å². The average molecular weight is 241 g/mol. The zero-order valence-electron chi connectivity index (χ0n) is 6.52. The first kappa shape index (κ1) is 13.1. The number of hydrogen-bond acceptors (Lipinski definition) is 3. The van der Waals surface area contributed by atoms with Crippen molar-refractivity contribution in [3.63, 3.8) is 0 Å². The molecule has 0 aromatic carbocycles. The van der Waals surface area contributed by atoms with E-state index in [4.69, 9.17) is 0 Å². The molecule has 1 N–H and O–H groups in total. The lowest BCUT2D eigenvalue weighted by molar-refractivity contribution is -0.241. The van der Waals surface area contributed by atoms with Gasteiger partial charge < -0.3 is 0 Å². The first-order chi connectivity index (χ1) is 5.92. The molecule has 14 heavy (non-hydrogen) atoms. The van der Waals surface area contributed by atoms with Crippen molar-refractivity contribution in [2.45, 2.75) is 18.4 Å². The molecule has 0 fully saturated rings. The van der Waals surface area contributed by atoms with Gasteiger partial charge in [0.1, 0.15) is 0 Å². The molecule has 0 aliphatic rings. The van der Waals surface area contributed by atoms with Crippen molar-refractivity contribution in [1.29, 1.82) is 0 Å². The van der Waals surface area contributed by atoms with Crippen molar-refractivity contribution in [3.8, 4) is 0 Å². The van der Waals surface area contributed by atoms with Crippen molar-refractivity contribution in [3.05, 3.63) is 0 Å². The summed E-state index contributed by atoms with van der Waals surface area (Å²) in [5.74, 6) is -1.53. The lowest BCUT2D eigenvalue weighted by atomic mass is 10.7. The maximum Gasteiger partial charge on any atom is 0.471 e. The van der Waals surface area contributed by atoms with Gasteiger partial charge in [0.25, 0.3) is 0 Å². The zero-order valence-corrected chi connectivity index (χ0v) is 7.34. The maximum atomic E-state index is 12.1. The summed E-state index contributed by atoms with van der Waals surface area (Å²) in [5.41, 5.74) is 0. The van der Waals surface area contributed by atoms with E-state index in [0.29, 0.717) is 11.6 Å². The summed E-state index contributed by atoms with van der Waals surface area (Å²) in [6.07, 6.45) is -6.27. The Labute approximate surface area is 75.1 Å². The van der Waals surface area contributed by atoms with Crippen molar-refractivity contribution in [2.24, 2.45) is 0 Å². The van der Waals surface area contributed by atoms with Gasteiger partial charge in [0, 0.05) is 6.92 Å². The van der Waals surface area contributed by atoms with Gasteiger partial charge in [0.15, 0.2) is 0 Å². The predicted octanol–water partition coefficient (Wildman–Crippen LogP) is 0.607. The molecule has 0 saturated heterocycles. The van der Waals surface area contributed by atoms with Crippen molar-refractivity contribution in [2.75, 3.05) is 0 Å². The van der Waals surface area contributed by atoms with Crippen LogP contribution >= 0.6 is 0 Å². The van der Waals surface area contributed by atoms with Crippen molar-refractivity contribution in [1.82, 2.24) is 4.72 Å². The lowest BCUT2D eigenvalue weighted by Gasteiger charge is -2.19. The Morgan fingerprint density at radius 3 is 1.71 bits per heavy atom. The van der Waals surface area contributed by atoms with Crippen LogP contribution in [-0.4, -0.2) is 25.8 Å². The van der Waals surface area contributed by atoms with Crippen molar-refractivity contribution >= 4 is 15.9 Å². The van der Waals surface area contributed by atoms with E-state index in [-0.39, 0.29) is 0 Å². The fourth-order valence-corrected chi connectivity index (χ4v) is 1.22. The molecule has 0 saturated carbocycles. The normalized spacial score (nSPS) is 13.9. The molecule has 1 amide bonds. The van der Waals surface area contributed by atoms with E-state index in [1.807, 2.05) is 0 Å². The van der Waals surface area contributed by atoms with Gasteiger partial charge in [0.2, 0.25) is 5.91 Å². The molecule has 10 heteroatoms. The highest BCUT2D eigenvalue weighted by atomic mass is 32.2. The van der Waals surface area contributed by atoms with E-state index in [1.165, 1.54) is 0 Å². The summed E-state index contributed by atoms with van der Waals surface area (Å²) in [6, 6.07) is 0. The molecule has 0 bridgehead atoms. The molecular formula is C4H4F5NO3S. The van der Waals surface area contributed by atoms with Gasteiger partial charge in [-0.3, -0.25) is 4.79 Å². The number of halogens is 5. The van der Waals surface area contributed by atoms with Gasteiger partial charge in [-0.1, -0.05) is 0 Å². The Morgan fingerprint density at radius 1 is 1.14 bits per heavy atom. The van der Waals surface area contributed by atoms with Gasteiger partial charge >= 0.3 is 21.5 Å². The van der Waals surface area contributed by atoms with Gasteiger partial charge in [-0.25, -0.2) is 4.72 Å². The minimum Gasteiger partial charge on any atom is -0.274 e. The molecule has 4 nitrogen and oxygen atoms in total. The van der Waals surface area contributed by atoms with Crippen LogP contribution in [0.4, 0.5) is 22.0 Å². The smallest absolute Gasteiger partial charge is 0.274 e. The van der Waals surface area contributed by atoms with E-state index < -0.39 is 27.4 Å². The van der Waals surface area contributed by atoms with Crippen LogP contribution in [0.3, 0.4) is 0 Å². The summed E-state index contributed by atoms with van der Waals surface area (Å²) in [7, 11) is -6.07. The molecule has 0 heterocycles. The topological polar surface area (TPSA) is 63.2 Å². The third-order valence-corrected chi connectivity index (χ3v) is 2.41. The largest absolute Gasteiger partial charge is 0.471 e.